The molecule has 3 aromatic rings. The van der Waals surface area contributed by atoms with Crippen molar-refractivity contribution in [3.05, 3.63) is 54.4 Å². The molecule has 0 aliphatic rings. The molecular weight excluding hydrogens is 298 g/mol. The van der Waals surface area contributed by atoms with Crippen LogP contribution in [0.1, 0.15) is 5.82 Å². The Kier molecular flexibility index (Phi) is 4.83. The number of fused-ring (bicyclic) bond motifs is 1. The number of hydrogen-bond donors (Lipinski definition) is 0. The Bertz CT molecular complexity index is 774. The summed E-state index contributed by atoms with van der Waals surface area (Å²) in [7, 11) is 3.68. The maximum absolute atomic E-state index is 5.20. The van der Waals surface area contributed by atoms with Gasteiger partial charge in [-0.05, 0) is 43.3 Å². The van der Waals surface area contributed by atoms with Crippen molar-refractivity contribution in [2.45, 2.75) is 6.92 Å². The van der Waals surface area contributed by atoms with Gasteiger partial charge in [0, 0.05) is 18.1 Å². The third-order valence-electron chi connectivity index (χ3n) is 3.47. The summed E-state index contributed by atoms with van der Waals surface area (Å²) < 4.78 is 5.20. The summed E-state index contributed by atoms with van der Waals surface area (Å²) in [5, 5.41) is 1.04. The molecule has 0 aliphatic carbocycles. The zero-order valence-electron chi connectivity index (χ0n) is 12.8. The van der Waals surface area contributed by atoms with Gasteiger partial charge < -0.3 is 9.64 Å². The van der Waals surface area contributed by atoms with Crippen LogP contribution in [0.2, 0.25) is 0 Å². The quantitative estimate of drug-likeness (QED) is 0.728. The minimum Gasteiger partial charge on any atom is -0.497 e. The van der Waals surface area contributed by atoms with E-state index in [2.05, 4.69) is 14.9 Å². The molecule has 0 saturated heterocycles. The van der Waals surface area contributed by atoms with Crippen molar-refractivity contribution >= 4 is 34.8 Å². The van der Waals surface area contributed by atoms with E-state index in [0.29, 0.717) is 0 Å². The van der Waals surface area contributed by atoms with Gasteiger partial charge in [-0.2, -0.15) is 0 Å². The van der Waals surface area contributed by atoms with Crippen molar-refractivity contribution in [1.29, 1.82) is 0 Å². The third-order valence-corrected chi connectivity index (χ3v) is 3.47. The van der Waals surface area contributed by atoms with Gasteiger partial charge >= 0.3 is 0 Å². The van der Waals surface area contributed by atoms with Crippen LogP contribution in [0.15, 0.2) is 48.5 Å². The van der Waals surface area contributed by atoms with Crippen LogP contribution in [0.3, 0.4) is 0 Å². The lowest BCUT2D eigenvalue weighted by molar-refractivity contribution is 0.415. The Hall–Kier alpha value is -2.33. The lowest BCUT2D eigenvalue weighted by Gasteiger charge is -2.20. The summed E-state index contributed by atoms with van der Waals surface area (Å²) in [5.74, 6) is 2.52. The van der Waals surface area contributed by atoms with Crippen LogP contribution in [0.25, 0.3) is 10.9 Å². The minimum absolute atomic E-state index is 0. The number of para-hydroxylation sites is 1. The van der Waals surface area contributed by atoms with E-state index in [0.717, 1.165) is 34.0 Å². The van der Waals surface area contributed by atoms with Gasteiger partial charge in [0.05, 0.1) is 12.6 Å². The second-order valence-corrected chi connectivity index (χ2v) is 4.87. The van der Waals surface area contributed by atoms with Gasteiger partial charge in [-0.15, -0.1) is 12.4 Å². The molecule has 0 saturated carbocycles. The average Bonchev–Trinajstić information content (AvgIpc) is 2.53. The maximum Gasteiger partial charge on any atom is 0.144 e. The zero-order chi connectivity index (χ0) is 14.8. The number of ether oxygens (including phenoxy) is 1. The van der Waals surface area contributed by atoms with Crippen molar-refractivity contribution in [2.24, 2.45) is 0 Å². The molecule has 0 fully saturated rings. The molecule has 0 amide bonds. The molecule has 2 aromatic carbocycles. The fourth-order valence-electron chi connectivity index (χ4n) is 2.36. The summed E-state index contributed by atoms with van der Waals surface area (Å²) in [4.78, 5) is 11.2. The Balaban J connectivity index is 0.00000176. The molecule has 0 atom stereocenters. The van der Waals surface area contributed by atoms with E-state index in [1.807, 2.05) is 62.5 Å². The summed E-state index contributed by atoms with van der Waals surface area (Å²) in [6.07, 6.45) is 0. The van der Waals surface area contributed by atoms with Gasteiger partial charge in [0.15, 0.2) is 0 Å². The highest BCUT2D eigenvalue weighted by Crippen LogP contribution is 2.29. The maximum atomic E-state index is 5.20. The Morgan fingerprint density at radius 3 is 2.32 bits per heavy atom. The van der Waals surface area contributed by atoms with Crippen LogP contribution in [0, 0.1) is 6.92 Å². The summed E-state index contributed by atoms with van der Waals surface area (Å²) in [5.41, 5.74) is 2.01. The highest BCUT2D eigenvalue weighted by molar-refractivity contribution is 5.91. The molecule has 0 unspecified atom stereocenters. The van der Waals surface area contributed by atoms with Crippen LogP contribution in [0.4, 0.5) is 11.5 Å². The second-order valence-electron chi connectivity index (χ2n) is 4.87. The molecule has 1 heterocycles. The smallest absolute Gasteiger partial charge is 0.144 e. The number of benzene rings is 2. The van der Waals surface area contributed by atoms with Crippen molar-refractivity contribution < 1.29 is 4.74 Å². The third kappa shape index (κ3) is 2.97. The lowest BCUT2D eigenvalue weighted by Crippen LogP contribution is -2.12. The monoisotopic (exact) mass is 315 g/mol. The first kappa shape index (κ1) is 16.0. The first-order valence-corrected chi connectivity index (χ1v) is 6.80. The first-order valence-electron chi connectivity index (χ1n) is 6.80. The first-order chi connectivity index (χ1) is 10.2. The van der Waals surface area contributed by atoms with Gasteiger partial charge in [0.25, 0.3) is 0 Å². The van der Waals surface area contributed by atoms with Crippen LogP contribution >= 0.6 is 12.4 Å². The van der Waals surface area contributed by atoms with E-state index < -0.39 is 0 Å². The fourth-order valence-corrected chi connectivity index (χ4v) is 2.36. The van der Waals surface area contributed by atoms with Crippen molar-refractivity contribution in [2.75, 3.05) is 19.1 Å². The molecule has 0 bridgehead atoms. The van der Waals surface area contributed by atoms with Crippen LogP contribution < -0.4 is 9.64 Å². The predicted molar refractivity (Wildman–Crippen MR) is 92.6 cm³/mol. The molecule has 0 aliphatic heterocycles. The lowest BCUT2D eigenvalue weighted by atomic mass is 10.2. The molecule has 3 rings (SSSR count). The Morgan fingerprint density at radius 2 is 1.64 bits per heavy atom. The van der Waals surface area contributed by atoms with Crippen molar-refractivity contribution in [1.82, 2.24) is 9.97 Å². The molecule has 0 radical (unpaired) electrons. The molecule has 22 heavy (non-hydrogen) atoms. The van der Waals surface area contributed by atoms with E-state index in [-0.39, 0.29) is 12.4 Å². The van der Waals surface area contributed by atoms with Gasteiger partial charge in [-0.3, -0.25) is 0 Å². The van der Waals surface area contributed by atoms with E-state index in [9.17, 15) is 0 Å². The molecule has 4 nitrogen and oxygen atoms in total. The minimum atomic E-state index is 0. The summed E-state index contributed by atoms with van der Waals surface area (Å²) in [6, 6.07) is 16.0. The topological polar surface area (TPSA) is 38.2 Å². The highest BCUT2D eigenvalue weighted by Gasteiger charge is 2.11. The number of rotatable bonds is 3. The van der Waals surface area contributed by atoms with Gasteiger partial charge in [0.2, 0.25) is 0 Å². The summed E-state index contributed by atoms with van der Waals surface area (Å²) >= 11 is 0. The van der Waals surface area contributed by atoms with Gasteiger partial charge in [0.1, 0.15) is 17.4 Å². The van der Waals surface area contributed by atoms with E-state index >= 15 is 0 Å². The van der Waals surface area contributed by atoms with Crippen molar-refractivity contribution in [3.8, 4) is 5.75 Å². The highest BCUT2D eigenvalue weighted by atomic mass is 35.5. The zero-order valence-corrected chi connectivity index (χ0v) is 13.6. The fraction of sp³-hybridized carbons (Fsp3) is 0.176. The van der Waals surface area contributed by atoms with Crippen LogP contribution in [-0.4, -0.2) is 24.1 Å². The Labute approximate surface area is 136 Å². The van der Waals surface area contributed by atoms with Gasteiger partial charge in [-0.25, -0.2) is 9.97 Å². The molecule has 114 valence electrons. The second kappa shape index (κ2) is 6.62. The Morgan fingerprint density at radius 1 is 0.955 bits per heavy atom. The molecule has 1 aromatic heterocycles. The molecular formula is C17H18ClN3O. The molecule has 0 spiro atoms. The van der Waals surface area contributed by atoms with E-state index in [4.69, 9.17) is 4.74 Å². The average molecular weight is 316 g/mol. The number of aromatic nitrogens is 2. The van der Waals surface area contributed by atoms with Crippen LogP contribution in [0.5, 0.6) is 5.75 Å². The number of methoxy groups -OCH3 is 1. The normalized spacial score (nSPS) is 10.1. The standard InChI is InChI=1S/C17H17N3O.ClH/c1-12-18-16-7-5-4-6-15(16)17(19-12)20(2)13-8-10-14(21-3)11-9-13;/h4-11H,1-3H3;1H. The van der Waals surface area contributed by atoms with Crippen molar-refractivity contribution in [3.63, 3.8) is 0 Å². The summed E-state index contributed by atoms with van der Waals surface area (Å²) in [6.45, 7) is 1.91. The number of nitrogens with zero attached hydrogens (tertiary/aromatic N) is 3. The SMILES string of the molecule is COc1ccc(N(C)c2nc(C)nc3ccccc23)cc1.Cl. The molecule has 5 heteroatoms. The number of halogens is 1. The van der Waals surface area contributed by atoms with E-state index in [1.165, 1.54) is 0 Å². The van der Waals surface area contributed by atoms with Gasteiger partial charge in [-0.1, -0.05) is 12.1 Å². The number of anilines is 2. The molecule has 0 N–H and O–H groups in total. The number of aryl methyl sites for hydroxylation is 1. The van der Waals surface area contributed by atoms with E-state index in [1.54, 1.807) is 7.11 Å². The largest absolute Gasteiger partial charge is 0.497 e. The predicted octanol–water partition coefficient (Wildman–Crippen LogP) is 4.14. The number of hydrogen-bond acceptors (Lipinski definition) is 4. The van der Waals surface area contributed by atoms with Crippen LogP contribution in [-0.2, 0) is 0 Å².